The fourth-order valence-corrected chi connectivity index (χ4v) is 3.45. The number of nitrogens with two attached hydrogens (primary N) is 1. The second kappa shape index (κ2) is 9.01. The van der Waals surface area contributed by atoms with Gasteiger partial charge in [0.2, 0.25) is 0 Å². The Balaban J connectivity index is 0.00000264. The molecular formula is C17H24ClN3OS. The molecule has 0 bridgehead atoms. The summed E-state index contributed by atoms with van der Waals surface area (Å²) in [6, 6.07) is 10.2. The van der Waals surface area contributed by atoms with E-state index in [2.05, 4.69) is 31.0 Å². The molecule has 0 aliphatic rings. The van der Waals surface area contributed by atoms with Crippen LogP contribution in [0.4, 0.5) is 0 Å². The normalized spacial score (nSPS) is 11.9. The van der Waals surface area contributed by atoms with Gasteiger partial charge in [-0.15, -0.1) is 23.7 Å². The number of amides is 1. The summed E-state index contributed by atoms with van der Waals surface area (Å²) < 4.78 is 0. The molecule has 126 valence electrons. The molecule has 23 heavy (non-hydrogen) atoms. The summed E-state index contributed by atoms with van der Waals surface area (Å²) in [6.45, 7) is 4.81. The van der Waals surface area contributed by atoms with Gasteiger partial charge in [0.05, 0.1) is 11.0 Å². The SMILES string of the molecule is CC(C)C(c1ccccc1)N(C)C(=O)c1csc(CCN)n1.Cl. The van der Waals surface area contributed by atoms with Crippen LogP contribution in [-0.4, -0.2) is 29.4 Å². The molecule has 4 nitrogen and oxygen atoms in total. The Morgan fingerprint density at radius 3 is 2.52 bits per heavy atom. The highest BCUT2D eigenvalue weighted by atomic mass is 35.5. The summed E-state index contributed by atoms with van der Waals surface area (Å²) in [5.41, 5.74) is 7.20. The van der Waals surface area contributed by atoms with E-state index in [-0.39, 0.29) is 24.4 Å². The van der Waals surface area contributed by atoms with Crippen LogP contribution >= 0.6 is 23.7 Å². The van der Waals surface area contributed by atoms with Crippen molar-refractivity contribution in [2.75, 3.05) is 13.6 Å². The maximum atomic E-state index is 12.7. The molecule has 0 aliphatic heterocycles. The predicted molar refractivity (Wildman–Crippen MR) is 98.2 cm³/mol. The van der Waals surface area contributed by atoms with Crippen molar-refractivity contribution in [1.82, 2.24) is 9.88 Å². The number of benzene rings is 1. The Morgan fingerprint density at radius 1 is 1.30 bits per heavy atom. The Kier molecular flexibility index (Phi) is 7.68. The van der Waals surface area contributed by atoms with E-state index in [1.165, 1.54) is 11.3 Å². The standard InChI is InChI=1S/C17H23N3OS.ClH/c1-12(2)16(13-7-5-4-6-8-13)20(3)17(21)14-11-22-15(19-14)9-10-18;/h4-8,11-12,16H,9-10,18H2,1-3H3;1H. The van der Waals surface area contributed by atoms with Crippen LogP contribution in [0.25, 0.3) is 0 Å². The van der Waals surface area contributed by atoms with Crippen molar-refractivity contribution in [2.24, 2.45) is 11.7 Å². The molecule has 2 rings (SSSR count). The lowest BCUT2D eigenvalue weighted by Gasteiger charge is -2.31. The zero-order valence-electron chi connectivity index (χ0n) is 13.7. The largest absolute Gasteiger partial charge is 0.333 e. The van der Waals surface area contributed by atoms with Gasteiger partial charge in [-0.05, 0) is 18.0 Å². The number of aromatic nitrogens is 1. The van der Waals surface area contributed by atoms with Crippen molar-refractivity contribution in [3.8, 4) is 0 Å². The third-order valence-corrected chi connectivity index (χ3v) is 4.55. The summed E-state index contributed by atoms with van der Waals surface area (Å²) in [7, 11) is 1.85. The quantitative estimate of drug-likeness (QED) is 0.864. The molecule has 2 aromatic rings. The number of carbonyl (C=O) groups is 1. The number of nitrogens with zero attached hydrogens (tertiary/aromatic N) is 2. The van der Waals surface area contributed by atoms with E-state index < -0.39 is 0 Å². The number of hydrogen-bond donors (Lipinski definition) is 1. The van der Waals surface area contributed by atoms with E-state index in [1.54, 1.807) is 4.90 Å². The van der Waals surface area contributed by atoms with E-state index in [0.29, 0.717) is 24.6 Å². The van der Waals surface area contributed by atoms with Crippen LogP contribution in [-0.2, 0) is 6.42 Å². The van der Waals surface area contributed by atoms with Gasteiger partial charge in [-0.2, -0.15) is 0 Å². The lowest BCUT2D eigenvalue weighted by Crippen LogP contribution is -2.34. The molecule has 0 spiro atoms. The van der Waals surface area contributed by atoms with Crippen LogP contribution < -0.4 is 5.73 Å². The van der Waals surface area contributed by atoms with Gasteiger partial charge < -0.3 is 10.6 Å². The van der Waals surface area contributed by atoms with Gasteiger partial charge in [0.25, 0.3) is 5.91 Å². The molecule has 0 saturated carbocycles. The summed E-state index contributed by atoms with van der Waals surface area (Å²) in [4.78, 5) is 18.9. The van der Waals surface area contributed by atoms with E-state index in [0.717, 1.165) is 10.6 Å². The van der Waals surface area contributed by atoms with E-state index in [9.17, 15) is 4.79 Å². The second-order valence-electron chi connectivity index (χ2n) is 5.68. The number of carbonyl (C=O) groups excluding carboxylic acids is 1. The molecule has 1 aromatic heterocycles. The highest BCUT2D eigenvalue weighted by Crippen LogP contribution is 2.28. The molecule has 1 amide bonds. The van der Waals surface area contributed by atoms with Gasteiger partial charge in [0, 0.05) is 18.8 Å². The number of rotatable bonds is 6. The average Bonchev–Trinajstić information content (AvgIpc) is 2.96. The topological polar surface area (TPSA) is 59.2 Å². The molecule has 2 N–H and O–H groups in total. The number of hydrogen-bond acceptors (Lipinski definition) is 4. The monoisotopic (exact) mass is 353 g/mol. The summed E-state index contributed by atoms with van der Waals surface area (Å²) >= 11 is 1.50. The summed E-state index contributed by atoms with van der Waals surface area (Å²) in [5, 5.41) is 2.74. The highest BCUT2D eigenvalue weighted by molar-refractivity contribution is 7.09. The Morgan fingerprint density at radius 2 is 1.96 bits per heavy atom. The summed E-state index contributed by atoms with van der Waals surface area (Å²) in [5.74, 6) is 0.278. The van der Waals surface area contributed by atoms with E-state index in [4.69, 9.17) is 5.73 Å². The minimum absolute atomic E-state index is 0. The van der Waals surface area contributed by atoms with Crippen LogP contribution in [0.15, 0.2) is 35.7 Å². The van der Waals surface area contributed by atoms with Crippen LogP contribution in [0.1, 0.15) is 40.9 Å². The lowest BCUT2D eigenvalue weighted by molar-refractivity contribution is 0.0682. The second-order valence-corrected chi connectivity index (χ2v) is 6.62. The highest BCUT2D eigenvalue weighted by Gasteiger charge is 2.26. The molecular weight excluding hydrogens is 330 g/mol. The van der Waals surface area contributed by atoms with Crippen LogP contribution in [0.3, 0.4) is 0 Å². The molecule has 1 heterocycles. The van der Waals surface area contributed by atoms with Gasteiger partial charge in [-0.3, -0.25) is 4.79 Å². The molecule has 0 fully saturated rings. The minimum Gasteiger partial charge on any atom is -0.333 e. The Bertz CT molecular complexity index is 615. The molecule has 0 aliphatic carbocycles. The smallest absolute Gasteiger partial charge is 0.273 e. The lowest BCUT2D eigenvalue weighted by atomic mass is 9.94. The Hall–Kier alpha value is -1.43. The van der Waals surface area contributed by atoms with Crippen molar-refractivity contribution in [2.45, 2.75) is 26.3 Å². The fourth-order valence-electron chi connectivity index (χ4n) is 2.66. The minimum atomic E-state index is -0.0397. The molecule has 6 heteroatoms. The van der Waals surface area contributed by atoms with Gasteiger partial charge >= 0.3 is 0 Å². The van der Waals surface area contributed by atoms with Gasteiger partial charge in [0.1, 0.15) is 5.69 Å². The van der Waals surface area contributed by atoms with Crippen molar-refractivity contribution >= 4 is 29.7 Å². The first-order valence-corrected chi connectivity index (χ1v) is 8.39. The van der Waals surface area contributed by atoms with E-state index in [1.807, 2.05) is 30.6 Å². The van der Waals surface area contributed by atoms with Crippen molar-refractivity contribution < 1.29 is 4.79 Å². The average molecular weight is 354 g/mol. The molecule has 1 atom stereocenters. The number of thiazole rings is 1. The maximum absolute atomic E-state index is 12.7. The van der Waals surface area contributed by atoms with Crippen LogP contribution in [0, 0.1) is 5.92 Å². The molecule has 0 saturated heterocycles. The van der Waals surface area contributed by atoms with Crippen molar-refractivity contribution in [3.05, 3.63) is 52.0 Å². The molecule has 1 aromatic carbocycles. The van der Waals surface area contributed by atoms with Crippen LogP contribution in [0.5, 0.6) is 0 Å². The zero-order chi connectivity index (χ0) is 16.1. The third kappa shape index (κ3) is 4.77. The fraction of sp³-hybridized carbons (Fsp3) is 0.412. The van der Waals surface area contributed by atoms with E-state index >= 15 is 0 Å². The van der Waals surface area contributed by atoms with Crippen molar-refractivity contribution in [3.63, 3.8) is 0 Å². The first-order valence-electron chi connectivity index (χ1n) is 7.51. The number of halogens is 1. The Labute approximate surface area is 148 Å². The predicted octanol–water partition coefficient (Wildman–Crippen LogP) is 3.54. The molecule has 1 unspecified atom stereocenters. The maximum Gasteiger partial charge on any atom is 0.273 e. The van der Waals surface area contributed by atoms with Gasteiger partial charge in [-0.25, -0.2) is 4.98 Å². The van der Waals surface area contributed by atoms with Gasteiger partial charge in [-0.1, -0.05) is 44.2 Å². The summed E-state index contributed by atoms with van der Waals surface area (Å²) in [6.07, 6.45) is 0.716. The zero-order valence-corrected chi connectivity index (χ0v) is 15.4. The van der Waals surface area contributed by atoms with Crippen LogP contribution in [0.2, 0.25) is 0 Å². The van der Waals surface area contributed by atoms with Gasteiger partial charge in [0.15, 0.2) is 0 Å². The van der Waals surface area contributed by atoms with Crippen molar-refractivity contribution in [1.29, 1.82) is 0 Å². The third-order valence-electron chi connectivity index (χ3n) is 3.64. The molecule has 0 radical (unpaired) electrons. The first kappa shape index (κ1) is 19.6. The first-order chi connectivity index (χ1) is 10.5.